The quantitative estimate of drug-likeness (QED) is 0.728. The van der Waals surface area contributed by atoms with Crippen LogP contribution in [0.25, 0.3) is 0 Å². The van der Waals surface area contributed by atoms with Crippen molar-refractivity contribution in [3.8, 4) is 0 Å². The van der Waals surface area contributed by atoms with E-state index < -0.39 is 11.7 Å². The summed E-state index contributed by atoms with van der Waals surface area (Å²) in [6, 6.07) is 12.0. The van der Waals surface area contributed by atoms with E-state index in [2.05, 4.69) is 26.1 Å². The first-order chi connectivity index (χ1) is 14.0. The van der Waals surface area contributed by atoms with Crippen molar-refractivity contribution in [2.75, 3.05) is 34.8 Å². The SMILES string of the molecule is O=C(Nc1cc(F)ccc1N1CCCCC1)C1CC(=O)N(c2ccccc2Br)C1. The molecule has 5 nitrogen and oxygen atoms in total. The minimum atomic E-state index is -0.480. The van der Waals surface area contributed by atoms with Gasteiger partial charge in [0.2, 0.25) is 11.8 Å². The molecule has 0 spiro atoms. The molecule has 1 unspecified atom stereocenters. The van der Waals surface area contributed by atoms with Crippen LogP contribution in [0.15, 0.2) is 46.9 Å². The summed E-state index contributed by atoms with van der Waals surface area (Å²) in [7, 11) is 0. The minimum Gasteiger partial charge on any atom is -0.370 e. The maximum atomic E-state index is 13.9. The van der Waals surface area contributed by atoms with Crippen LogP contribution in [0, 0.1) is 11.7 Å². The molecule has 1 N–H and O–H groups in total. The number of amides is 2. The first-order valence-electron chi connectivity index (χ1n) is 9.93. The topological polar surface area (TPSA) is 52.7 Å². The summed E-state index contributed by atoms with van der Waals surface area (Å²) in [6.07, 6.45) is 3.50. The fraction of sp³-hybridized carbons (Fsp3) is 0.364. The van der Waals surface area contributed by atoms with Gasteiger partial charge in [-0.3, -0.25) is 9.59 Å². The van der Waals surface area contributed by atoms with Gasteiger partial charge in [0.15, 0.2) is 0 Å². The van der Waals surface area contributed by atoms with E-state index in [-0.39, 0.29) is 18.2 Å². The third-order valence-corrected chi connectivity index (χ3v) is 6.22. The molecule has 0 bridgehead atoms. The summed E-state index contributed by atoms with van der Waals surface area (Å²) >= 11 is 3.46. The van der Waals surface area contributed by atoms with Crippen LogP contribution in [0.4, 0.5) is 21.5 Å². The van der Waals surface area contributed by atoms with Gasteiger partial charge in [-0.1, -0.05) is 12.1 Å². The van der Waals surface area contributed by atoms with E-state index in [1.807, 2.05) is 24.3 Å². The van der Waals surface area contributed by atoms with Crippen molar-refractivity contribution in [2.24, 2.45) is 5.92 Å². The molecule has 29 heavy (non-hydrogen) atoms. The highest BCUT2D eigenvalue weighted by Gasteiger charge is 2.36. The van der Waals surface area contributed by atoms with Crippen molar-refractivity contribution in [1.82, 2.24) is 0 Å². The van der Waals surface area contributed by atoms with Crippen LogP contribution in [0.3, 0.4) is 0 Å². The zero-order valence-corrected chi connectivity index (χ0v) is 17.6. The molecule has 2 aliphatic rings. The number of para-hydroxylation sites is 1. The lowest BCUT2D eigenvalue weighted by Crippen LogP contribution is -2.32. The van der Waals surface area contributed by atoms with Gasteiger partial charge in [-0.25, -0.2) is 4.39 Å². The van der Waals surface area contributed by atoms with Crippen molar-refractivity contribution >= 4 is 44.8 Å². The highest BCUT2D eigenvalue weighted by molar-refractivity contribution is 9.10. The highest BCUT2D eigenvalue weighted by Crippen LogP contribution is 2.33. The Hall–Kier alpha value is -2.41. The number of carbonyl (C=O) groups excluding carboxylic acids is 2. The molecule has 2 aromatic carbocycles. The van der Waals surface area contributed by atoms with Crippen LogP contribution in [0.1, 0.15) is 25.7 Å². The second-order valence-corrected chi connectivity index (χ2v) is 8.41. The molecule has 2 heterocycles. The number of hydrogen-bond donors (Lipinski definition) is 1. The molecule has 2 saturated heterocycles. The van der Waals surface area contributed by atoms with Crippen LogP contribution < -0.4 is 15.1 Å². The van der Waals surface area contributed by atoms with Crippen molar-refractivity contribution in [3.05, 3.63) is 52.8 Å². The standard InChI is InChI=1S/C22H23BrFN3O2/c23-17-6-2-3-7-19(17)27-14-15(12-21(27)28)22(29)25-18-13-16(24)8-9-20(18)26-10-4-1-5-11-26/h2-3,6-9,13,15H,1,4-5,10-12,14H2,(H,25,29). The number of nitrogens with zero attached hydrogens (tertiary/aromatic N) is 2. The third-order valence-electron chi connectivity index (χ3n) is 5.55. The van der Waals surface area contributed by atoms with Crippen molar-refractivity contribution < 1.29 is 14.0 Å². The van der Waals surface area contributed by atoms with Crippen molar-refractivity contribution in [3.63, 3.8) is 0 Å². The number of anilines is 3. The van der Waals surface area contributed by atoms with Crippen LogP contribution in [0.2, 0.25) is 0 Å². The Labute approximate surface area is 178 Å². The van der Waals surface area contributed by atoms with Crippen molar-refractivity contribution in [1.29, 1.82) is 0 Å². The van der Waals surface area contributed by atoms with E-state index in [0.29, 0.717) is 12.2 Å². The normalized spacial score (nSPS) is 19.5. The van der Waals surface area contributed by atoms with Gasteiger partial charge in [0, 0.05) is 30.5 Å². The van der Waals surface area contributed by atoms with Crippen LogP contribution in [-0.2, 0) is 9.59 Å². The Morgan fingerprint density at radius 1 is 1.07 bits per heavy atom. The summed E-state index contributed by atoms with van der Waals surface area (Å²) in [5.74, 6) is -1.21. The summed E-state index contributed by atoms with van der Waals surface area (Å²) in [5, 5.41) is 2.89. The largest absolute Gasteiger partial charge is 0.370 e. The van der Waals surface area contributed by atoms with Gasteiger partial charge >= 0.3 is 0 Å². The molecule has 152 valence electrons. The molecule has 0 radical (unpaired) electrons. The predicted molar refractivity (Wildman–Crippen MR) is 116 cm³/mol. The van der Waals surface area contributed by atoms with E-state index in [1.165, 1.54) is 18.6 Å². The van der Waals surface area contributed by atoms with Gasteiger partial charge in [0.1, 0.15) is 5.82 Å². The zero-order valence-electron chi connectivity index (χ0n) is 16.0. The van der Waals surface area contributed by atoms with E-state index in [4.69, 9.17) is 0 Å². The Bertz CT molecular complexity index is 930. The molecule has 0 aliphatic carbocycles. The van der Waals surface area contributed by atoms with Crippen molar-refractivity contribution in [2.45, 2.75) is 25.7 Å². The lowest BCUT2D eigenvalue weighted by molar-refractivity contribution is -0.122. The number of nitrogens with one attached hydrogen (secondary N) is 1. The number of hydrogen-bond acceptors (Lipinski definition) is 3. The third kappa shape index (κ3) is 4.29. The van der Waals surface area contributed by atoms with Gasteiger partial charge in [-0.05, 0) is 65.5 Å². The molecular weight excluding hydrogens is 437 g/mol. The molecule has 2 aliphatic heterocycles. The molecule has 2 amide bonds. The monoisotopic (exact) mass is 459 g/mol. The molecule has 4 rings (SSSR count). The van der Waals surface area contributed by atoms with E-state index >= 15 is 0 Å². The average Bonchev–Trinajstić information content (AvgIpc) is 3.11. The van der Waals surface area contributed by atoms with E-state index in [1.54, 1.807) is 11.0 Å². The molecule has 7 heteroatoms. The molecule has 2 fully saturated rings. The first kappa shape index (κ1) is 19.9. The summed E-state index contributed by atoms with van der Waals surface area (Å²) in [4.78, 5) is 29.3. The lowest BCUT2D eigenvalue weighted by atomic mass is 10.1. The number of carbonyl (C=O) groups is 2. The molecule has 0 saturated carbocycles. The smallest absolute Gasteiger partial charge is 0.229 e. The van der Waals surface area contributed by atoms with Crippen LogP contribution in [0.5, 0.6) is 0 Å². The maximum Gasteiger partial charge on any atom is 0.229 e. The molecule has 0 aromatic heterocycles. The summed E-state index contributed by atoms with van der Waals surface area (Å²) in [6.45, 7) is 2.10. The second-order valence-electron chi connectivity index (χ2n) is 7.56. The highest BCUT2D eigenvalue weighted by atomic mass is 79.9. The number of piperidine rings is 1. The predicted octanol–water partition coefficient (Wildman–Crippen LogP) is 4.57. The van der Waals surface area contributed by atoms with Gasteiger partial charge in [0.25, 0.3) is 0 Å². The number of rotatable bonds is 4. The van der Waals surface area contributed by atoms with E-state index in [9.17, 15) is 14.0 Å². The summed E-state index contributed by atoms with van der Waals surface area (Å²) < 4.78 is 14.7. The Morgan fingerprint density at radius 3 is 2.59 bits per heavy atom. The molecular formula is C22H23BrFN3O2. The fourth-order valence-corrected chi connectivity index (χ4v) is 4.54. The maximum absolute atomic E-state index is 13.9. The number of halogens is 2. The lowest BCUT2D eigenvalue weighted by Gasteiger charge is -2.30. The minimum absolute atomic E-state index is 0.0902. The van der Waals surface area contributed by atoms with Crippen LogP contribution in [-0.4, -0.2) is 31.4 Å². The Morgan fingerprint density at radius 2 is 1.83 bits per heavy atom. The van der Waals surface area contributed by atoms with Crippen LogP contribution >= 0.6 is 15.9 Å². The first-order valence-corrected chi connectivity index (χ1v) is 10.7. The molecule has 1 atom stereocenters. The Balaban J connectivity index is 1.51. The summed E-state index contributed by atoms with van der Waals surface area (Å²) in [5.41, 5.74) is 2.07. The number of benzene rings is 2. The van der Waals surface area contributed by atoms with Gasteiger partial charge < -0.3 is 15.1 Å². The van der Waals surface area contributed by atoms with Gasteiger partial charge in [-0.15, -0.1) is 0 Å². The zero-order chi connectivity index (χ0) is 20.4. The van der Waals surface area contributed by atoms with Gasteiger partial charge in [0.05, 0.1) is 23.0 Å². The van der Waals surface area contributed by atoms with E-state index in [0.717, 1.165) is 41.8 Å². The molecule has 2 aromatic rings. The second kappa shape index (κ2) is 8.53. The van der Waals surface area contributed by atoms with Gasteiger partial charge in [-0.2, -0.15) is 0 Å². The Kier molecular flexibility index (Phi) is 5.85. The average molecular weight is 460 g/mol. The fourth-order valence-electron chi connectivity index (χ4n) is 4.04.